The van der Waals surface area contributed by atoms with Gasteiger partial charge in [0.2, 0.25) is 15.9 Å². The third kappa shape index (κ3) is 4.02. The van der Waals surface area contributed by atoms with Gasteiger partial charge in [0.15, 0.2) is 0 Å². The van der Waals surface area contributed by atoms with Crippen LogP contribution in [0.2, 0.25) is 0 Å². The first-order valence-corrected chi connectivity index (χ1v) is 7.72. The minimum Gasteiger partial charge on any atom is -0.480 e. The van der Waals surface area contributed by atoms with Crippen LogP contribution in [0, 0.1) is 0 Å². The average molecular weight is 314 g/mol. The van der Waals surface area contributed by atoms with E-state index in [-0.39, 0.29) is 17.2 Å². The SMILES string of the molecule is CCC(C(=O)O)N(C)S(=O)(=O)c1ccc(NC(C)=O)cc1. The van der Waals surface area contributed by atoms with Crippen LogP contribution in [0.15, 0.2) is 29.2 Å². The first-order chi connectivity index (χ1) is 9.70. The van der Waals surface area contributed by atoms with Crippen molar-refractivity contribution in [3.8, 4) is 0 Å². The van der Waals surface area contributed by atoms with E-state index < -0.39 is 22.0 Å². The summed E-state index contributed by atoms with van der Waals surface area (Å²) in [5, 5.41) is 11.6. The molecular weight excluding hydrogens is 296 g/mol. The number of aliphatic carboxylic acids is 1. The molecule has 8 heteroatoms. The topological polar surface area (TPSA) is 104 Å². The van der Waals surface area contributed by atoms with Crippen LogP contribution >= 0.6 is 0 Å². The van der Waals surface area contributed by atoms with Crippen LogP contribution in [0.3, 0.4) is 0 Å². The largest absolute Gasteiger partial charge is 0.480 e. The van der Waals surface area contributed by atoms with Gasteiger partial charge >= 0.3 is 5.97 Å². The predicted octanol–water partition coefficient (Wildman–Crippen LogP) is 1.13. The number of hydrogen-bond donors (Lipinski definition) is 2. The molecule has 2 N–H and O–H groups in total. The smallest absolute Gasteiger partial charge is 0.321 e. The fraction of sp³-hybridized carbons (Fsp3) is 0.385. The predicted molar refractivity (Wildman–Crippen MR) is 77.4 cm³/mol. The molecule has 0 aliphatic carbocycles. The maximum Gasteiger partial charge on any atom is 0.321 e. The highest BCUT2D eigenvalue weighted by atomic mass is 32.2. The Hall–Kier alpha value is -1.93. The van der Waals surface area contributed by atoms with Gasteiger partial charge in [0.1, 0.15) is 6.04 Å². The normalized spacial score (nSPS) is 13.0. The Morgan fingerprint density at radius 1 is 1.29 bits per heavy atom. The van der Waals surface area contributed by atoms with Gasteiger partial charge in [-0.2, -0.15) is 4.31 Å². The third-order valence-corrected chi connectivity index (χ3v) is 4.84. The van der Waals surface area contributed by atoms with Crippen molar-refractivity contribution in [1.29, 1.82) is 0 Å². The van der Waals surface area contributed by atoms with E-state index >= 15 is 0 Å². The molecule has 0 saturated carbocycles. The molecule has 0 heterocycles. The molecule has 1 aromatic carbocycles. The number of likely N-dealkylation sites (N-methyl/N-ethyl adjacent to an activating group) is 1. The molecule has 0 saturated heterocycles. The van der Waals surface area contributed by atoms with Crippen molar-refractivity contribution in [2.75, 3.05) is 12.4 Å². The summed E-state index contributed by atoms with van der Waals surface area (Å²) >= 11 is 0. The number of carboxylic acids is 1. The first-order valence-electron chi connectivity index (χ1n) is 6.28. The number of carbonyl (C=O) groups excluding carboxylic acids is 1. The summed E-state index contributed by atoms with van der Waals surface area (Å²) in [5.74, 6) is -1.46. The van der Waals surface area contributed by atoms with E-state index in [1.807, 2.05) is 0 Å². The second-order valence-corrected chi connectivity index (χ2v) is 6.49. The molecule has 0 spiro atoms. The summed E-state index contributed by atoms with van der Waals surface area (Å²) in [7, 11) is -2.67. The molecule has 0 bridgehead atoms. The number of sulfonamides is 1. The van der Waals surface area contributed by atoms with Gasteiger partial charge < -0.3 is 10.4 Å². The number of nitrogens with one attached hydrogen (secondary N) is 1. The second-order valence-electron chi connectivity index (χ2n) is 4.49. The van der Waals surface area contributed by atoms with Gasteiger partial charge in [-0.3, -0.25) is 9.59 Å². The molecule has 0 aromatic heterocycles. The third-order valence-electron chi connectivity index (χ3n) is 2.96. The van der Waals surface area contributed by atoms with Gasteiger partial charge in [-0.1, -0.05) is 6.92 Å². The van der Waals surface area contributed by atoms with Crippen LogP contribution in [0.25, 0.3) is 0 Å². The highest BCUT2D eigenvalue weighted by molar-refractivity contribution is 7.89. The van der Waals surface area contributed by atoms with Crippen molar-refractivity contribution in [3.63, 3.8) is 0 Å². The molecule has 7 nitrogen and oxygen atoms in total. The van der Waals surface area contributed by atoms with E-state index in [9.17, 15) is 18.0 Å². The van der Waals surface area contributed by atoms with E-state index in [4.69, 9.17) is 5.11 Å². The van der Waals surface area contributed by atoms with Crippen LogP contribution in [-0.4, -0.2) is 42.8 Å². The van der Waals surface area contributed by atoms with Gasteiger partial charge in [0.05, 0.1) is 4.90 Å². The van der Waals surface area contributed by atoms with Crippen LogP contribution in [0.5, 0.6) is 0 Å². The number of hydrogen-bond acceptors (Lipinski definition) is 4. The van der Waals surface area contributed by atoms with Gasteiger partial charge in [-0.05, 0) is 30.7 Å². The van der Waals surface area contributed by atoms with Crippen molar-refractivity contribution in [2.45, 2.75) is 31.2 Å². The summed E-state index contributed by atoms with van der Waals surface area (Å²) < 4.78 is 25.5. The zero-order chi connectivity index (χ0) is 16.2. The second kappa shape index (κ2) is 6.68. The van der Waals surface area contributed by atoms with Crippen molar-refractivity contribution in [2.24, 2.45) is 0 Å². The monoisotopic (exact) mass is 314 g/mol. The molecule has 0 aliphatic rings. The Kier molecular flexibility index (Phi) is 5.45. The summed E-state index contributed by atoms with van der Waals surface area (Å²) in [6.07, 6.45) is 0.162. The number of anilines is 1. The number of benzene rings is 1. The van der Waals surface area contributed by atoms with Gasteiger partial charge in [0.25, 0.3) is 0 Å². The van der Waals surface area contributed by atoms with Crippen molar-refractivity contribution < 1.29 is 23.1 Å². The number of carboxylic acid groups (broad SMARTS) is 1. The van der Waals surface area contributed by atoms with Gasteiger partial charge in [-0.25, -0.2) is 8.42 Å². The van der Waals surface area contributed by atoms with Crippen LogP contribution in [0.1, 0.15) is 20.3 Å². The van der Waals surface area contributed by atoms with E-state index in [1.165, 1.54) is 38.2 Å². The highest BCUT2D eigenvalue weighted by Gasteiger charge is 2.31. The lowest BCUT2D eigenvalue weighted by Gasteiger charge is -2.23. The summed E-state index contributed by atoms with van der Waals surface area (Å²) in [5.41, 5.74) is 0.467. The number of amides is 1. The molecule has 1 atom stereocenters. The molecule has 1 aromatic rings. The zero-order valence-corrected chi connectivity index (χ0v) is 12.8. The lowest BCUT2D eigenvalue weighted by molar-refractivity contribution is -0.141. The van der Waals surface area contributed by atoms with E-state index in [1.54, 1.807) is 6.92 Å². The van der Waals surface area contributed by atoms with E-state index in [0.29, 0.717) is 5.69 Å². The van der Waals surface area contributed by atoms with Gasteiger partial charge in [0, 0.05) is 19.7 Å². The summed E-state index contributed by atoms with van der Waals surface area (Å²) in [4.78, 5) is 21.9. The molecule has 1 rings (SSSR count). The Labute approximate surface area is 123 Å². The molecule has 0 radical (unpaired) electrons. The quantitative estimate of drug-likeness (QED) is 0.819. The fourth-order valence-electron chi connectivity index (χ4n) is 1.83. The lowest BCUT2D eigenvalue weighted by Crippen LogP contribution is -2.41. The lowest BCUT2D eigenvalue weighted by atomic mass is 10.2. The van der Waals surface area contributed by atoms with Crippen LogP contribution in [-0.2, 0) is 19.6 Å². The Morgan fingerprint density at radius 3 is 2.19 bits per heavy atom. The molecular formula is C13H18N2O5S. The summed E-state index contributed by atoms with van der Waals surface area (Å²) in [6.45, 7) is 2.95. The molecule has 0 aliphatic heterocycles. The molecule has 116 valence electrons. The minimum absolute atomic E-state index is 0.0289. The maximum atomic E-state index is 12.3. The van der Waals surface area contributed by atoms with E-state index in [0.717, 1.165) is 4.31 Å². The summed E-state index contributed by atoms with van der Waals surface area (Å²) in [6, 6.07) is 4.43. The standard InChI is InChI=1S/C13H18N2O5S/c1-4-12(13(17)18)15(3)21(19,20)11-7-5-10(6-8-11)14-9(2)16/h5-8,12H,4H2,1-3H3,(H,14,16)(H,17,18). The Morgan fingerprint density at radius 2 is 1.81 bits per heavy atom. The van der Waals surface area contributed by atoms with Crippen LogP contribution in [0.4, 0.5) is 5.69 Å². The number of carbonyl (C=O) groups is 2. The Balaban J connectivity index is 3.07. The Bertz CT molecular complexity index is 624. The fourth-order valence-corrected chi connectivity index (χ4v) is 3.22. The van der Waals surface area contributed by atoms with Crippen molar-refractivity contribution in [1.82, 2.24) is 4.31 Å². The number of nitrogens with zero attached hydrogens (tertiary/aromatic N) is 1. The zero-order valence-electron chi connectivity index (χ0n) is 12.0. The maximum absolute atomic E-state index is 12.3. The average Bonchev–Trinajstić information content (AvgIpc) is 2.38. The van der Waals surface area contributed by atoms with Crippen molar-refractivity contribution >= 4 is 27.6 Å². The first kappa shape index (κ1) is 17.1. The van der Waals surface area contributed by atoms with Crippen molar-refractivity contribution in [3.05, 3.63) is 24.3 Å². The molecule has 1 unspecified atom stereocenters. The molecule has 21 heavy (non-hydrogen) atoms. The molecule has 1 amide bonds. The van der Waals surface area contributed by atoms with E-state index in [2.05, 4.69) is 5.32 Å². The van der Waals surface area contributed by atoms with Gasteiger partial charge in [-0.15, -0.1) is 0 Å². The molecule has 0 fully saturated rings. The van der Waals surface area contributed by atoms with Crippen LogP contribution < -0.4 is 5.32 Å². The minimum atomic E-state index is -3.90. The number of rotatable bonds is 6. The highest BCUT2D eigenvalue weighted by Crippen LogP contribution is 2.20.